The van der Waals surface area contributed by atoms with Gasteiger partial charge in [-0.1, -0.05) is 23.8 Å². The third kappa shape index (κ3) is 4.15. The Hall–Kier alpha value is -2.69. The first-order chi connectivity index (χ1) is 10.5. The van der Waals surface area contributed by atoms with E-state index in [0.29, 0.717) is 5.56 Å². The van der Waals surface area contributed by atoms with E-state index < -0.39 is 24.3 Å². The zero-order valence-corrected chi connectivity index (χ0v) is 12.4. The summed E-state index contributed by atoms with van der Waals surface area (Å²) in [7, 11) is 0. The quantitative estimate of drug-likeness (QED) is 0.882. The van der Waals surface area contributed by atoms with Gasteiger partial charge in [-0.15, -0.1) is 0 Å². The van der Waals surface area contributed by atoms with E-state index in [2.05, 4.69) is 5.32 Å². The van der Waals surface area contributed by atoms with Gasteiger partial charge in [0.15, 0.2) is 6.61 Å². The predicted octanol–water partition coefficient (Wildman–Crippen LogP) is 3.24. The lowest BCUT2D eigenvalue weighted by molar-refractivity contribution is -0.119. The number of rotatable bonds is 4. The molecule has 1 N–H and O–H groups in total. The van der Waals surface area contributed by atoms with Crippen molar-refractivity contribution in [2.24, 2.45) is 0 Å². The molecule has 0 saturated heterocycles. The molecule has 0 aliphatic heterocycles. The predicted molar refractivity (Wildman–Crippen MR) is 81.2 cm³/mol. The molecule has 0 aliphatic rings. The monoisotopic (exact) mass is 301 g/mol. The Bertz CT molecular complexity index is 713. The summed E-state index contributed by atoms with van der Waals surface area (Å²) in [4.78, 5) is 23.5. The highest BCUT2D eigenvalue weighted by molar-refractivity contribution is 5.95. The molecule has 1 amide bonds. The Morgan fingerprint density at radius 2 is 1.82 bits per heavy atom. The number of benzene rings is 2. The maximum atomic E-state index is 13.6. The van der Waals surface area contributed by atoms with Crippen molar-refractivity contribution in [2.45, 2.75) is 13.8 Å². The molecule has 0 aliphatic carbocycles. The van der Waals surface area contributed by atoms with Gasteiger partial charge in [-0.2, -0.15) is 0 Å². The van der Waals surface area contributed by atoms with Crippen LogP contribution in [0.25, 0.3) is 0 Å². The number of carbonyl (C=O) groups excluding carboxylic acids is 2. The number of amides is 1. The van der Waals surface area contributed by atoms with E-state index in [1.54, 1.807) is 31.2 Å². The standard InChI is InChI=1S/C17H16FNO3/c1-11-4-3-5-13(8-11)17(21)22-10-16(20)19-15-7-6-12(2)9-14(15)18/h3-9H,10H2,1-2H3,(H,19,20). The lowest BCUT2D eigenvalue weighted by atomic mass is 10.1. The number of aryl methyl sites for hydroxylation is 2. The van der Waals surface area contributed by atoms with E-state index in [4.69, 9.17) is 4.74 Å². The lowest BCUT2D eigenvalue weighted by Gasteiger charge is -2.08. The second-order valence-corrected chi connectivity index (χ2v) is 4.98. The molecule has 2 aromatic rings. The van der Waals surface area contributed by atoms with E-state index in [9.17, 15) is 14.0 Å². The SMILES string of the molecule is Cc1cccc(C(=O)OCC(=O)Nc2ccc(C)cc2F)c1. The average Bonchev–Trinajstić information content (AvgIpc) is 2.47. The Morgan fingerprint density at radius 1 is 1.09 bits per heavy atom. The van der Waals surface area contributed by atoms with Crippen LogP contribution in [-0.4, -0.2) is 18.5 Å². The number of nitrogens with one attached hydrogen (secondary N) is 1. The molecule has 0 fully saturated rings. The van der Waals surface area contributed by atoms with Crippen molar-refractivity contribution < 1.29 is 18.7 Å². The third-order valence-electron chi connectivity index (χ3n) is 2.99. The molecule has 0 spiro atoms. The number of anilines is 1. The molecule has 0 unspecified atom stereocenters. The van der Waals surface area contributed by atoms with Crippen LogP contribution in [-0.2, 0) is 9.53 Å². The molecule has 0 saturated carbocycles. The van der Waals surface area contributed by atoms with E-state index in [0.717, 1.165) is 11.1 Å². The van der Waals surface area contributed by atoms with Crippen LogP contribution in [0.5, 0.6) is 0 Å². The van der Waals surface area contributed by atoms with Crippen LogP contribution in [0.15, 0.2) is 42.5 Å². The van der Waals surface area contributed by atoms with Crippen LogP contribution in [0.3, 0.4) is 0 Å². The molecule has 4 nitrogen and oxygen atoms in total. The molecular weight excluding hydrogens is 285 g/mol. The minimum atomic E-state index is -0.594. The Kier molecular flexibility index (Phi) is 4.88. The van der Waals surface area contributed by atoms with Crippen LogP contribution < -0.4 is 5.32 Å². The minimum absolute atomic E-state index is 0.0576. The molecule has 0 bridgehead atoms. The van der Waals surface area contributed by atoms with Gasteiger partial charge in [-0.05, 0) is 43.7 Å². The van der Waals surface area contributed by atoms with Crippen molar-refractivity contribution in [3.8, 4) is 0 Å². The summed E-state index contributed by atoms with van der Waals surface area (Å²) < 4.78 is 18.5. The molecule has 2 aromatic carbocycles. The normalized spacial score (nSPS) is 10.1. The average molecular weight is 301 g/mol. The number of hydrogen-bond acceptors (Lipinski definition) is 3. The number of esters is 1. The van der Waals surface area contributed by atoms with Crippen LogP contribution in [0, 0.1) is 19.7 Å². The van der Waals surface area contributed by atoms with Crippen molar-refractivity contribution >= 4 is 17.6 Å². The number of hydrogen-bond donors (Lipinski definition) is 1. The van der Waals surface area contributed by atoms with Crippen LogP contribution in [0.4, 0.5) is 10.1 Å². The molecular formula is C17H16FNO3. The van der Waals surface area contributed by atoms with Gasteiger partial charge in [0.05, 0.1) is 11.3 Å². The van der Waals surface area contributed by atoms with Gasteiger partial charge in [0.25, 0.3) is 5.91 Å². The van der Waals surface area contributed by atoms with Crippen molar-refractivity contribution in [2.75, 3.05) is 11.9 Å². The highest BCUT2D eigenvalue weighted by atomic mass is 19.1. The highest BCUT2D eigenvalue weighted by Gasteiger charge is 2.12. The van der Waals surface area contributed by atoms with Gasteiger partial charge >= 0.3 is 5.97 Å². The molecule has 2 rings (SSSR count). The number of ether oxygens (including phenoxy) is 1. The maximum Gasteiger partial charge on any atom is 0.338 e. The molecule has 5 heteroatoms. The fourth-order valence-electron chi connectivity index (χ4n) is 1.89. The first-order valence-corrected chi connectivity index (χ1v) is 6.75. The van der Waals surface area contributed by atoms with E-state index in [-0.39, 0.29) is 5.69 Å². The lowest BCUT2D eigenvalue weighted by Crippen LogP contribution is -2.21. The van der Waals surface area contributed by atoms with Gasteiger partial charge in [0, 0.05) is 0 Å². The summed E-state index contributed by atoms with van der Waals surface area (Å²) in [5, 5.41) is 2.36. The van der Waals surface area contributed by atoms with Crippen molar-refractivity contribution in [1.82, 2.24) is 0 Å². The number of carbonyl (C=O) groups is 2. The topological polar surface area (TPSA) is 55.4 Å². The third-order valence-corrected chi connectivity index (χ3v) is 2.99. The Balaban J connectivity index is 1.91. The smallest absolute Gasteiger partial charge is 0.338 e. The van der Waals surface area contributed by atoms with E-state index in [1.807, 2.05) is 13.0 Å². The highest BCUT2D eigenvalue weighted by Crippen LogP contribution is 2.15. The summed E-state index contributed by atoms with van der Waals surface area (Å²) in [6, 6.07) is 11.3. The first-order valence-electron chi connectivity index (χ1n) is 6.75. The first kappa shape index (κ1) is 15.7. The second-order valence-electron chi connectivity index (χ2n) is 4.98. The largest absolute Gasteiger partial charge is 0.452 e. The van der Waals surface area contributed by atoms with E-state index in [1.165, 1.54) is 12.1 Å². The van der Waals surface area contributed by atoms with Crippen molar-refractivity contribution in [1.29, 1.82) is 0 Å². The Labute approximate surface area is 127 Å². The molecule has 0 heterocycles. The molecule has 0 aromatic heterocycles. The fraction of sp³-hybridized carbons (Fsp3) is 0.176. The Morgan fingerprint density at radius 3 is 2.50 bits per heavy atom. The summed E-state index contributed by atoms with van der Waals surface area (Å²) in [5.74, 6) is -1.72. The summed E-state index contributed by atoms with van der Waals surface area (Å²) in [6.45, 7) is 3.13. The van der Waals surface area contributed by atoms with Crippen LogP contribution in [0.1, 0.15) is 21.5 Å². The molecule has 0 radical (unpaired) electrons. The minimum Gasteiger partial charge on any atom is -0.452 e. The molecule has 114 valence electrons. The van der Waals surface area contributed by atoms with Crippen molar-refractivity contribution in [3.05, 3.63) is 65.0 Å². The summed E-state index contributed by atoms with van der Waals surface area (Å²) in [5.41, 5.74) is 2.10. The van der Waals surface area contributed by atoms with Gasteiger partial charge in [0.1, 0.15) is 5.82 Å². The van der Waals surface area contributed by atoms with Gasteiger partial charge in [-0.3, -0.25) is 4.79 Å². The van der Waals surface area contributed by atoms with Crippen molar-refractivity contribution in [3.63, 3.8) is 0 Å². The summed E-state index contributed by atoms with van der Waals surface area (Å²) in [6.07, 6.45) is 0. The fourth-order valence-corrected chi connectivity index (χ4v) is 1.89. The second kappa shape index (κ2) is 6.85. The molecule has 22 heavy (non-hydrogen) atoms. The van der Waals surface area contributed by atoms with Gasteiger partial charge in [-0.25, -0.2) is 9.18 Å². The van der Waals surface area contributed by atoms with Gasteiger partial charge in [0.2, 0.25) is 0 Å². The maximum absolute atomic E-state index is 13.6. The van der Waals surface area contributed by atoms with Crippen LogP contribution >= 0.6 is 0 Å². The number of halogens is 1. The molecule has 0 atom stereocenters. The summed E-state index contributed by atoms with van der Waals surface area (Å²) >= 11 is 0. The zero-order valence-electron chi connectivity index (χ0n) is 12.4. The zero-order chi connectivity index (χ0) is 16.1. The van der Waals surface area contributed by atoms with Crippen LogP contribution in [0.2, 0.25) is 0 Å². The van der Waals surface area contributed by atoms with Gasteiger partial charge < -0.3 is 10.1 Å². The van der Waals surface area contributed by atoms with E-state index >= 15 is 0 Å².